The monoisotopic (exact) mass is 341 g/mol. The highest BCUT2D eigenvalue weighted by Gasteiger charge is 2.34. The van der Waals surface area contributed by atoms with Crippen LogP contribution in [0.2, 0.25) is 0 Å². The van der Waals surface area contributed by atoms with Gasteiger partial charge in [0.1, 0.15) is 6.54 Å². The van der Waals surface area contributed by atoms with Crippen LogP contribution in [0.4, 0.5) is 18.9 Å². The Bertz CT molecular complexity index is 693. The molecule has 0 aliphatic carbocycles. The van der Waals surface area contributed by atoms with Crippen molar-refractivity contribution in [2.45, 2.75) is 19.6 Å². The van der Waals surface area contributed by atoms with Gasteiger partial charge in [0.2, 0.25) is 5.76 Å². The Morgan fingerprint density at radius 3 is 2.29 bits per heavy atom. The molecule has 0 saturated heterocycles. The maximum Gasteiger partial charge on any atom is 0.406 e. The van der Waals surface area contributed by atoms with Gasteiger partial charge in [0, 0.05) is 32.4 Å². The normalized spacial score (nSPS) is 11.4. The lowest BCUT2D eigenvalue weighted by Gasteiger charge is -2.23. The van der Waals surface area contributed by atoms with E-state index >= 15 is 0 Å². The van der Waals surface area contributed by atoms with E-state index in [0.29, 0.717) is 16.2 Å². The van der Waals surface area contributed by atoms with Gasteiger partial charge in [-0.1, -0.05) is 17.3 Å². The number of carbonyl (C=O) groups is 1. The summed E-state index contributed by atoms with van der Waals surface area (Å²) in [5.74, 6) is -1.05. The number of alkyl halides is 3. The number of carbonyl (C=O) groups excluding carboxylic acids is 1. The first-order chi connectivity index (χ1) is 11.2. The molecule has 1 heterocycles. The molecule has 0 aliphatic rings. The molecular weight excluding hydrogens is 323 g/mol. The van der Waals surface area contributed by atoms with Crippen molar-refractivity contribution < 1.29 is 22.5 Å². The summed E-state index contributed by atoms with van der Waals surface area (Å²) in [4.78, 5) is 14.9. The van der Waals surface area contributed by atoms with Crippen molar-refractivity contribution in [3.63, 3.8) is 0 Å². The third-order valence-electron chi connectivity index (χ3n) is 3.32. The quantitative estimate of drug-likeness (QED) is 0.838. The van der Waals surface area contributed by atoms with E-state index in [9.17, 15) is 18.0 Å². The lowest BCUT2D eigenvalue weighted by Crippen LogP contribution is -2.38. The largest absolute Gasteiger partial charge is 0.406 e. The van der Waals surface area contributed by atoms with Crippen LogP contribution >= 0.6 is 0 Å². The van der Waals surface area contributed by atoms with Gasteiger partial charge in [-0.2, -0.15) is 13.2 Å². The second-order valence-electron chi connectivity index (χ2n) is 5.67. The number of benzene rings is 1. The summed E-state index contributed by atoms with van der Waals surface area (Å²) >= 11 is 0. The van der Waals surface area contributed by atoms with Crippen LogP contribution < -0.4 is 4.90 Å². The van der Waals surface area contributed by atoms with Crippen LogP contribution in [0.1, 0.15) is 21.8 Å². The minimum atomic E-state index is -4.51. The fourth-order valence-electron chi connectivity index (χ4n) is 2.16. The van der Waals surface area contributed by atoms with E-state index in [4.69, 9.17) is 4.52 Å². The Morgan fingerprint density at radius 1 is 1.21 bits per heavy atom. The summed E-state index contributed by atoms with van der Waals surface area (Å²) in [5.41, 5.74) is 1.94. The number of nitrogens with zero attached hydrogens (tertiary/aromatic N) is 3. The van der Waals surface area contributed by atoms with Crippen molar-refractivity contribution in [3.05, 3.63) is 47.3 Å². The van der Waals surface area contributed by atoms with Gasteiger partial charge < -0.3 is 14.3 Å². The SMILES string of the molecule is Cc1cc(C(=O)N(Cc2ccc(N(C)C)cc2)CC(F)(F)F)on1. The van der Waals surface area contributed by atoms with Gasteiger partial charge in [-0.3, -0.25) is 4.79 Å². The third kappa shape index (κ3) is 4.74. The Morgan fingerprint density at radius 2 is 1.83 bits per heavy atom. The maximum atomic E-state index is 12.8. The van der Waals surface area contributed by atoms with Crippen molar-refractivity contribution >= 4 is 11.6 Å². The number of rotatable bonds is 5. The van der Waals surface area contributed by atoms with E-state index in [1.807, 2.05) is 19.0 Å². The molecule has 0 N–H and O–H groups in total. The van der Waals surface area contributed by atoms with Crippen molar-refractivity contribution in [1.82, 2.24) is 10.1 Å². The minimum absolute atomic E-state index is 0.175. The van der Waals surface area contributed by atoms with E-state index < -0.39 is 18.6 Å². The molecule has 0 saturated carbocycles. The first-order valence-electron chi connectivity index (χ1n) is 7.21. The second-order valence-corrected chi connectivity index (χ2v) is 5.67. The van der Waals surface area contributed by atoms with Gasteiger partial charge in [0.25, 0.3) is 5.91 Å². The number of amides is 1. The molecule has 8 heteroatoms. The molecule has 2 aromatic rings. The lowest BCUT2D eigenvalue weighted by atomic mass is 10.1. The second kappa shape index (κ2) is 6.94. The molecule has 130 valence electrons. The third-order valence-corrected chi connectivity index (χ3v) is 3.32. The number of aryl methyl sites for hydroxylation is 1. The highest BCUT2D eigenvalue weighted by molar-refractivity contribution is 5.91. The average Bonchev–Trinajstić information content (AvgIpc) is 2.91. The molecule has 1 aromatic heterocycles. The van der Waals surface area contributed by atoms with Gasteiger partial charge in [-0.15, -0.1) is 0 Å². The Hall–Kier alpha value is -2.51. The zero-order chi connectivity index (χ0) is 17.9. The van der Waals surface area contributed by atoms with Gasteiger partial charge in [0.15, 0.2) is 0 Å². The van der Waals surface area contributed by atoms with Crippen LogP contribution in [0, 0.1) is 6.92 Å². The van der Waals surface area contributed by atoms with Crippen LogP contribution in [-0.4, -0.2) is 42.8 Å². The molecule has 0 radical (unpaired) electrons. The number of hydrogen-bond acceptors (Lipinski definition) is 4. The fraction of sp³-hybridized carbons (Fsp3) is 0.375. The Labute approximate surface area is 137 Å². The van der Waals surface area contributed by atoms with Gasteiger partial charge in [0.05, 0.1) is 5.69 Å². The molecular formula is C16H18F3N3O2. The zero-order valence-electron chi connectivity index (χ0n) is 13.6. The molecule has 0 unspecified atom stereocenters. The van der Waals surface area contributed by atoms with Crippen molar-refractivity contribution in [1.29, 1.82) is 0 Å². The summed E-state index contributed by atoms with van der Waals surface area (Å²) in [5, 5.41) is 3.55. The number of halogens is 3. The van der Waals surface area contributed by atoms with E-state index in [1.54, 1.807) is 31.2 Å². The van der Waals surface area contributed by atoms with Crippen LogP contribution in [-0.2, 0) is 6.54 Å². The number of anilines is 1. The Kier molecular flexibility index (Phi) is 5.16. The average molecular weight is 341 g/mol. The fourth-order valence-corrected chi connectivity index (χ4v) is 2.16. The van der Waals surface area contributed by atoms with Crippen LogP contribution in [0.5, 0.6) is 0 Å². The molecule has 1 amide bonds. The minimum Gasteiger partial charge on any atom is -0.378 e. The van der Waals surface area contributed by atoms with Crippen molar-refractivity contribution in [2.75, 3.05) is 25.5 Å². The molecule has 1 aromatic carbocycles. The Balaban J connectivity index is 2.21. The number of hydrogen-bond donors (Lipinski definition) is 0. The number of aromatic nitrogens is 1. The van der Waals surface area contributed by atoms with Crippen molar-refractivity contribution in [2.24, 2.45) is 0 Å². The van der Waals surface area contributed by atoms with Crippen LogP contribution in [0.15, 0.2) is 34.9 Å². The van der Waals surface area contributed by atoms with E-state index in [-0.39, 0.29) is 12.3 Å². The summed E-state index contributed by atoms with van der Waals surface area (Å²) in [6.07, 6.45) is -4.51. The van der Waals surface area contributed by atoms with Gasteiger partial charge in [-0.05, 0) is 24.6 Å². The van der Waals surface area contributed by atoms with E-state index in [2.05, 4.69) is 5.16 Å². The van der Waals surface area contributed by atoms with Crippen LogP contribution in [0.3, 0.4) is 0 Å². The summed E-state index contributed by atoms with van der Waals surface area (Å²) in [6, 6.07) is 8.27. The lowest BCUT2D eigenvalue weighted by molar-refractivity contribution is -0.141. The van der Waals surface area contributed by atoms with E-state index in [0.717, 1.165) is 5.69 Å². The van der Waals surface area contributed by atoms with Crippen LogP contribution in [0.25, 0.3) is 0 Å². The first kappa shape index (κ1) is 17.8. The molecule has 24 heavy (non-hydrogen) atoms. The van der Waals surface area contributed by atoms with Gasteiger partial charge in [-0.25, -0.2) is 0 Å². The molecule has 0 fully saturated rings. The molecule has 0 atom stereocenters. The first-order valence-corrected chi connectivity index (χ1v) is 7.21. The molecule has 5 nitrogen and oxygen atoms in total. The zero-order valence-corrected chi connectivity index (χ0v) is 13.6. The molecule has 2 rings (SSSR count). The predicted molar refractivity (Wildman–Crippen MR) is 82.8 cm³/mol. The highest BCUT2D eigenvalue weighted by atomic mass is 19.4. The molecule has 0 bridgehead atoms. The predicted octanol–water partition coefficient (Wildman–Crippen LogP) is 3.25. The molecule has 0 aliphatic heterocycles. The van der Waals surface area contributed by atoms with Crippen molar-refractivity contribution in [3.8, 4) is 0 Å². The summed E-state index contributed by atoms with van der Waals surface area (Å²) < 4.78 is 43.2. The smallest absolute Gasteiger partial charge is 0.378 e. The highest BCUT2D eigenvalue weighted by Crippen LogP contribution is 2.21. The topological polar surface area (TPSA) is 49.6 Å². The van der Waals surface area contributed by atoms with E-state index in [1.165, 1.54) is 6.07 Å². The standard InChI is InChI=1S/C16H18F3N3O2/c1-11-8-14(24-20-11)15(23)22(10-16(17,18)19)9-12-4-6-13(7-5-12)21(2)3/h4-8H,9-10H2,1-3H3. The maximum absolute atomic E-state index is 12.8. The van der Waals surface area contributed by atoms with Gasteiger partial charge >= 0.3 is 6.18 Å². The molecule has 0 spiro atoms. The summed E-state index contributed by atoms with van der Waals surface area (Å²) in [7, 11) is 3.72. The summed E-state index contributed by atoms with van der Waals surface area (Å²) in [6.45, 7) is 0.0567.